The van der Waals surface area contributed by atoms with Gasteiger partial charge >= 0.3 is 0 Å². The van der Waals surface area contributed by atoms with Crippen LogP contribution < -0.4 is 5.32 Å². The van der Waals surface area contributed by atoms with Crippen LogP contribution in [-0.2, 0) is 4.74 Å². The quantitative estimate of drug-likeness (QED) is 0.407. The summed E-state index contributed by atoms with van der Waals surface area (Å²) in [6, 6.07) is 0. The van der Waals surface area contributed by atoms with Crippen molar-refractivity contribution >= 4 is 41.7 Å². The molecule has 130 valence electrons. The van der Waals surface area contributed by atoms with Crippen molar-refractivity contribution in [1.29, 1.82) is 0 Å². The van der Waals surface area contributed by atoms with Crippen LogP contribution in [0.3, 0.4) is 0 Å². The highest BCUT2D eigenvalue weighted by atomic mass is 127. The molecule has 0 saturated carbocycles. The zero-order valence-electron chi connectivity index (χ0n) is 14.1. The molecule has 0 bridgehead atoms. The van der Waals surface area contributed by atoms with Gasteiger partial charge in [0.2, 0.25) is 0 Å². The van der Waals surface area contributed by atoms with Gasteiger partial charge in [-0.15, -0.1) is 24.0 Å². The molecular formula is C15H31IN4OS. The average Bonchev–Trinajstić information content (AvgIpc) is 2.52. The Morgan fingerprint density at radius 2 is 2.05 bits per heavy atom. The Balaban J connectivity index is 0.00000242. The number of halogens is 1. The molecule has 2 rings (SSSR count). The molecule has 1 unspecified atom stereocenters. The fourth-order valence-corrected chi connectivity index (χ4v) is 4.05. The van der Waals surface area contributed by atoms with Crippen molar-refractivity contribution in [3.05, 3.63) is 0 Å². The molecule has 0 amide bonds. The van der Waals surface area contributed by atoms with Gasteiger partial charge in [-0.3, -0.25) is 9.89 Å². The molecule has 5 nitrogen and oxygen atoms in total. The Morgan fingerprint density at radius 1 is 1.32 bits per heavy atom. The van der Waals surface area contributed by atoms with Crippen LogP contribution in [0.15, 0.2) is 4.99 Å². The van der Waals surface area contributed by atoms with Crippen molar-refractivity contribution in [2.45, 2.75) is 19.1 Å². The van der Waals surface area contributed by atoms with E-state index in [2.05, 4.69) is 45.7 Å². The molecule has 0 aliphatic carbocycles. The minimum atomic E-state index is 0. The summed E-state index contributed by atoms with van der Waals surface area (Å²) < 4.78 is 5.38. The number of guanidine groups is 1. The van der Waals surface area contributed by atoms with Gasteiger partial charge in [0.15, 0.2) is 5.96 Å². The molecule has 2 aliphatic heterocycles. The van der Waals surface area contributed by atoms with E-state index in [1.54, 1.807) is 0 Å². The molecule has 2 heterocycles. The lowest BCUT2D eigenvalue weighted by Crippen LogP contribution is -2.50. The fraction of sp³-hybridized carbons (Fsp3) is 0.933. The second-order valence-corrected chi connectivity index (χ2v) is 7.37. The third-order valence-corrected chi connectivity index (χ3v) is 5.70. The van der Waals surface area contributed by atoms with Gasteiger partial charge in [-0.05, 0) is 5.92 Å². The first-order chi connectivity index (χ1) is 10.2. The van der Waals surface area contributed by atoms with E-state index in [1.165, 1.54) is 5.75 Å². The SMILES string of the molecule is CN=C(NCCN1CCOCC1)N1CCSC(C(C)C)C1.I. The number of nitrogens with zero attached hydrogens (tertiary/aromatic N) is 3. The molecule has 0 aromatic heterocycles. The minimum absolute atomic E-state index is 0. The zero-order chi connectivity index (χ0) is 15.1. The van der Waals surface area contributed by atoms with Crippen molar-refractivity contribution in [3.8, 4) is 0 Å². The summed E-state index contributed by atoms with van der Waals surface area (Å²) in [6.07, 6.45) is 0. The van der Waals surface area contributed by atoms with Crippen LogP contribution in [0.25, 0.3) is 0 Å². The van der Waals surface area contributed by atoms with E-state index >= 15 is 0 Å². The van der Waals surface area contributed by atoms with Gasteiger partial charge < -0.3 is 15.0 Å². The summed E-state index contributed by atoms with van der Waals surface area (Å²) in [5, 5.41) is 4.25. The summed E-state index contributed by atoms with van der Waals surface area (Å²) in [5.74, 6) is 2.99. The maximum atomic E-state index is 5.38. The van der Waals surface area contributed by atoms with Crippen molar-refractivity contribution in [3.63, 3.8) is 0 Å². The monoisotopic (exact) mass is 442 g/mol. The number of hydrogen-bond acceptors (Lipinski definition) is 4. The van der Waals surface area contributed by atoms with E-state index < -0.39 is 0 Å². The second-order valence-electron chi connectivity index (χ2n) is 6.03. The first kappa shape index (κ1) is 20.3. The van der Waals surface area contributed by atoms with Gasteiger partial charge in [-0.2, -0.15) is 11.8 Å². The van der Waals surface area contributed by atoms with Gasteiger partial charge in [0.1, 0.15) is 0 Å². The number of aliphatic imine (C=N–C) groups is 1. The van der Waals surface area contributed by atoms with E-state index in [9.17, 15) is 0 Å². The van der Waals surface area contributed by atoms with Crippen molar-refractivity contribution in [2.75, 3.05) is 65.3 Å². The van der Waals surface area contributed by atoms with Gasteiger partial charge in [0.05, 0.1) is 13.2 Å². The van der Waals surface area contributed by atoms with Crippen LogP contribution in [0.1, 0.15) is 13.8 Å². The number of thioether (sulfide) groups is 1. The Morgan fingerprint density at radius 3 is 2.68 bits per heavy atom. The van der Waals surface area contributed by atoms with Gasteiger partial charge in [-0.25, -0.2) is 0 Å². The molecule has 22 heavy (non-hydrogen) atoms. The summed E-state index contributed by atoms with van der Waals surface area (Å²) >= 11 is 2.10. The molecule has 2 saturated heterocycles. The lowest BCUT2D eigenvalue weighted by molar-refractivity contribution is 0.0388. The van der Waals surface area contributed by atoms with E-state index in [4.69, 9.17) is 4.74 Å². The van der Waals surface area contributed by atoms with Crippen LogP contribution in [0, 0.1) is 5.92 Å². The molecule has 2 fully saturated rings. The highest BCUT2D eigenvalue weighted by Gasteiger charge is 2.24. The average molecular weight is 442 g/mol. The van der Waals surface area contributed by atoms with Crippen LogP contribution >= 0.6 is 35.7 Å². The minimum Gasteiger partial charge on any atom is -0.379 e. The summed E-state index contributed by atoms with van der Waals surface area (Å²) in [4.78, 5) is 9.34. The van der Waals surface area contributed by atoms with Crippen molar-refractivity contribution in [1.82, 2.24) is 15.1 Å². The molecular weight excluding hydrogens is 411 g/mol. The molecule has 1 N–H and O–H groups in total. The van der Waals surface area contributed by atoms with Crippen molar-refractivity contribution < 1.29 is 4.74 Å². The second kappa shape index (κ2) is 10.9. The summed E-state index contributed by atoms with van der Waals surface area (Å²) in [5.41, 5.74) is 0. The number of ether oxygens (including phenoxy) is 1. The van der Waals surface area contributed by atoms with Crippen LogP contribution in [0.5, 0.6) is 0 Å². The Hall–Kier alpha value is 0.270. The van der Waals surface area contributed by atoms with Gasteiger partial charge in [0, 0.05) is 57.3 Å². The lowest BCUT2D eigenvalue weighted by atomic mass is 10.1. The number of nitrogens with one attached hydrogen (secondary N) is 1. The van der Waals surface area contributed by atoms with Crippen LogP contribution in [0.2, 0.25) is 0 Å². The van der Waals surface area contributed by atoms with Crippen LogP contribution in [-0.4, -0.2) is 86.3 Å². The maximum absolute atomic E-state index is 5.38. The molecule has 7 heteroatoms. The highest BCUT2D eigenvalue weighted by molar-refractivity contribution is 14.0. The van der Waals surface area contributed by atoms with Crippen molar-refractivity contribution in [2.24, 2.45) is 10.9 Å². The van der Waals surface area contributed by atoms with E-state index in [0.29, 0.717) is 0 Å². The lowest BCUT2D eigenvalue weighted by Gasteiger charge is -2.36. The topological polar surface area (TPSA) is 40.1 Å². The van der Waals surface area contributed by atoms with Gasteiger partial charge in [0.25, 0.3) is 0 Å². The summed E-state index contributed by atoms with van der Waals surface area (Å²) in [7, 11) is 1.89. The predicted octanol–water partition coefficient (Wildman–Crippen LogP) is 1.59. The molecule has 0 radical (unpaired) electrons. The number of hydrogen-bond donors (Lipinski definition) is 1. The smallest absolute Gasteiger partial charge is 0.193 e. The Labute approximate surface area is 156 Å². The largest absolute Gasteiger partial charge is 0.379 e. The van der Waals surface area contributed by atoms with E-state index in [1.807, 2.05) is 7.05 Å². The third-order valence-electron chi connectivity index (χ3n) is 4.16. The van der Waals surface area contributed by atoms with E-state index in [-0.39, 0.29) is 24.0 Å². The first-order valence-corrected chi connectivity index (χ1v) is 9.13. The molecule has 1 atom stereocenters. The highest BCUT2D eigenvalue weighted by Crippen LogP contribution is 2.24. The van der Waals surface area contributed by atoms with E-state index in [0.717, 1.165) is 69.6 Å². The Bertz CT molecular complexity index is 338. The fourth-order valence-electron chi connectivity index (χ4n) is 2.75. The first-order valence-electron chi connectivity index (χ1n) is 8.08. The number of morpholine rings is 1. The summed E-state index contributed by atoms with van der Waals surface area (Å²) in [6.45, 7) is 12.7. The third kappa shape index (κ3) is 6.41. The molecule has 0 spiro atoms. The molecule has 0 aromatic rings. The zero-order valence-corrected chi connectivity index (χ0v) is 17.2. The van der Waals surface area contributed by atoms with Crippen LogP contribution in [0.4, 0.5) is 0 Å². The number of rotatable bonds is 4. The normalized spacial score (nSPS) is 24.3. The molecule has 2 aliphatic rings. The Kier molecular flexibility index (Phi) is 10.1. The molecule has 0 aromatic carbocycles. The van der Waals surface area contributed by atoms with Gasteiger partial charge in [-0.1, -0.05) is 13.8 Å². The maximum Gasteiger partial charge on any atom is 0.193 e. The standard InChI is InChI=1S/C15H30N4OS.HI/c1-13(2)14-12-19(8-11-21-14)15(16-3)17-4-5-18-6-9-20-10-7-18;/h13-14H,4-12H2,1-3H3,(H,16,17);1H. The predicted molar refractivity (Wildman–Crippen MR) is 107 cm³/mol.